The Morgan fingerprint density at radius 3 is 2.78 bits per heavy atom. The first-order chi connectivity index (χ1) is 10.8. The number of aliphatic imine (C=N–C) groups is 1. The average molecular weight is 381 g/mol. The van der Waals surface area contributed by atoms with Crippen molar-refractivity contribution in [2.24, 2.45) is 4.99 Å². The van der Waals surface area contributed by atoms with E-state index >= 15 is 0 Å². The van der Waals surface area contributed by atoms with Crippen LogP contribution in [0.1, 0.15) is 0 Å². The van der Waals surface area contributed by atoms with Crippen LogP contribution < -0.4 is 4.90 Å². The number of fused-ring (bicyclic) bond motifs is 1. The molecule has 10 heteroatoms. The summed E-state index contributed by atoms with van der Waals surface area (Å²) in [6.45, 7) is 0. The third-order valence-corrected chi connectivity index (χ3v) is 7.01. The fourth-order valence-corrected chi connectivity index (χ4v) is 6.64. The number of carbonyl (C=O) groups excluding carboxylic acids is 1. The zero-order chi connectivity index (χ0) is 16.8. The molecule has 2 saturated heterocycles. The van der Waals surface area contributed by atoms with Crippen LogP contribution in [0, 0.1) is 11.6 Å². The maximum Gasteiger partial charge on any atom is 0.262 e. The molecule has 2 heterocycles. The molecule has 0 spiro atoms. The van der Waals surface area contributed by atoms with E-state index in [0.717, 1.165) is 17.8 Å². The van der Waals surface area contributed by atoms with Crippen molar-refractivity contribution in [1.29, 1.82) is 0 Å². The Bertz CT molecular complexity index is 800. The first kappa shape index (κ1) is 16.7. The summed E-state index contributed by atoms with van der Waals surface area (Å²) in [7, 11) is -3.25. The molecule has 1 amide bonds. The molecule has 0 aliphatic carbocycles. The number of alkyl halides is 1. The summed E-state index contributed by atoms with van der Waals surface area (Å²) in [5.41, 5.74) is -0.00961. The minimum Gasteiger partial charge on any atom is -0.313 e. The molecule has 2 fully saturated rings. The van der Waals surface area contributed by atoms with Crippen LogP contribution in [0.3, 0.4) is 0 Å². The number of halogens is 3. The lowest BCUT2D eigenvalue weighted by molar-refractivity contribution is -0.115. The molecule has 0 N–H and O–H groups in total. The smallest absolute Gasteiger partial charge is 0.262 e. The summed E-state index contributed by atoms with van der Waals surface area (Å²) in [6, 6.07) is 2.43. The standard InChI is InChI=1S/C13H11ClF2N2O3S2/c14-4-12(19)17-13-18(9-2-1-7(15)3-8(9)16)10-5-23(20,21)6-11(10)22-13/h1-3,10-11H,4-6H2/t10-,11-/m1/s1. The van der Waals surface area contributed by atoms with Gasteiger partial charge in [-0.3, -0.25) is 4.79 Å². The lowest BCUT2D eigenvalue weighted by Gasteiger charge is -2.24. The third kappa shape index (κ3) is 3.22. The molecule has 0 saturated carbocycles. The Hall–Kier alpha value is -1.19. The van der Waals surface area contributed by atoms with Gasteiger partial charge >= 0.3 is 0 Å². The second kappa shape index (κ2) is 6.03. The van der Waals surface area contributed by atoms with Crippen molar-refractivity contribution >= 4 is 50.0 Å². The number of benzene rings is 1. The normalized spacial score (nSPS) is 27.4. The number of carbonyl (C=O) groups is 1. The molecule has 0 aromatic heterocycles. The van der Waals surface area contributed by atoms with Crippen molar-refractivity contribution < 1.29 is 22.0 Å². The van der Waals surface area contributed by atoms with Gasteiger partial charge in [-0.2, -0.15) is 4.99 Å². The van der Waals surface area contributed by atoms with Gasteiger partial charge in [-0.05, 0) is 12.1 Å². The highest BCUT2D eigenvalue weighted by atomic mass is 35.5. The van der Waals surface area contributed by atoms with E-state index in [-0.39, 0.29) is 33.5 Å². The monoisotopic (exact) mass is 380 g/mol. The number of rotatable bonds is 2. The van der Waals surface area contributed by atoms with E-state index in [9.17, 15) is 22.0 Å². The van der Waals surface area contributed by atoms with Gasteiger partial charge in [0.2, 0.25) is 0 Å². The number of anilines is 1. The molecule has 2 aliphatic rings. The topological polar surface area (TPSA) is 66.8 Å². The predicted molar refractivity (Wildman–Crippen MR) is 85.8 cm³/mol. The summed E-state index contributed by atoms with van der Waals surface area (Å²) >= 11 is 6.54. The molecule has 2 atom stereocenters. The summed E-state index contributed by atoms with van der Waals surface area (Å²) in [6.07, 6.45) is 0. The molecule has 3 rings (SSSR count). The summed E-state index contributed by atoms with van der Waals surface area (Å²) in [5, 5.41) is -0.169. The molecule has 0 bridgehead atoms. The van der Waals surface area contributed by atoms with Gasteiger partial charge in [0.15, 0.2) is 15.0 Å². The minimum absolute atomic E-state index is 0.00961. The average Bonchev–Trinajstić information content (AvgIpc) is 2.91. The van der Waals surface area contributed by atoms with Crippen LogP contribution in [0.5, 0.6) is 0 Å². The molecular formula is C13H11ClF2N2O3S2. The van der Waals surface area contributed by atoms with Gasteiger partial charge in [0.05, 0.1) is 23.2 Å². The molecule has 5 nitrogen and oxygen atoms in total. The Morgan fingerprint density at radius 1 is 1.39 bits per heavy atom. The number of hydrogen-bond donors (Lipinski definition) is 0. The molecule has 23 heavy (non-hydrogen) atoms. The van der Waals surface area contributed by atoms with E-state index in [1.807, 2.05) is 0 Å². The van der Waals surface area contributed by atoms with E-state index in [0.29, 0.717) is 6.07 Å². The van der Waals surface area contributed by atoms with Crippen molar-refractivity contribution in [2.75, 3.05) is 22.3 Å². The summed E-state index contributed by atoms with van der Waals surface area (Å²) < 4.78 is 50.9. The summed E-state index contributed by atoms with van der Waals surface area (Å²) in [5.74, 6) is -2.78. The van der Waals surface area contributed by atoms with Crippen molar-refractivity contribution in [1.82, 2.24) is 0 Å². The van der Waals surface area contributed by atoms with E-state index in [2.05, 4.69) is 4.99 Å². The number of amides is 1. The van der Waals surface area contributed by atoms with E-state index < -0.39 is 33.4 Å². The second-order valence-electron chi connectivity index (χ2n) is 5.19. The van der Waals surface area contributed by atoms with Crippen LogP contribution in [0.2, 0.25) is 0 Å². The van der Waals surface area contributed by atoms with Crippen LogP contribution in [0.4, 0.5) is 14.5 Å². The van der Waals surface area contributed by atoms with Gasteiger partial charge in [0.25, 0.3) is 5.91 Å². The van der Waals surface area contributed by atoms with Crippen molar-refractivity contribution in [3.63, 3.8) is 0 Å². The van der Waals surface area contributed by atoms with E-state index in [4.69, 9.17) is 11.6 Å². The third-order valence-electron chi connectivity index (χ3n) is 3.57. The van der Waals surface area contributed by atoms with Crippen molar-refractivity contribution in [3.05, 3.63) is 29.8 Å². The van der Waals surface area contributed by atoms with Crippen molar-refractivity contribution in [3.8, 4) is 0 Å². The van der Waals surface area contributed by atoms with Gasteiger partial charge in [-0.1, -0.05) is 11.8 Å². The first-order valence-electron chi connectivity index (χ1n) is 6.59. The maximum atomic E-state index is 14.1. The zero-order valence-corrected chi connectivity index (χ0v) is 14.0. The summed E-state index contributed by atoms with van der Waals surface area (Å²) in [4.78, 5) is 16.7. The first-order valence-corrected chi connectivity index (χ1v) is 9.83. The van der Waals surface area contributed by atoms with E-state index in [1.54, 1.807) is 0 Å². The Balaban J connectivity index is 2.06. The molecule has 2 aliphatic heterocycles. The van der Waals surface area contributed by atoms with Crippen LogP contribution >= 0.6 is 23.4 Å². The largest absolute Gasteiger partial charge is 0.313 e. The fourth-order valence-electron chi connectivity index (χ4n) is 2.66. The van der Waals surface area contributed by atoms with Crippen LogP contribution in [0.15, 0.2) is 23.2 Å². The van der Waals surface area contributed by atoms with Crippen molar-refractivity contribution in [2.45, 2.75) is 11.3 Å². The Labute approximate surface area is 140 Å². The number of amidine groups is 1. The Morgan fingerprint density at radius 2 is 2.13 bits per heavy atom. The quantitative estimate of drug-likeness (QED) is 0.732. The SMILES string of the molecule is O=C(CCl)N=C1S[C@@H]2CS(=O)(=O)C[C@H]2N1c1ccc(F)cc1F. The molecule has 0 unspecified atom stereocenters. The Kier molecular flexibility index (Phi) is 4.37. The zero-order valence-electron chi connectivity index (χ0n) is 11.6. The molecule has 124 valence electrons. The minimum atomic E-state index is -3.25. The highest BCUT2D eigenvalue weighted by Gasteiger charge is 2.49. The van der Waals surface area contributed by atoms with E-state index in [1.165, 1.54) is 11.0 Å². The van der Waals surface area contributed by atoms with Gasteiger partial charge in [0.1, 0.15) is 17.5 Å². The highest BCUT2D eigenvalue weighted by molar-refractivity contribution is 8.16. The molecular weight excluding hydrogens is 370 g/mol. The van der Waals surface area contributed by atoms with Gasteiger partial charge in [-0.25, -0.2) is 17.2 Å². The van der Waals surface area contributed by atoms with Gasteiger partial charge in [-0.15, -0.1) is 11.6 Å². The number of sulfone groups is 1. The molecule has 1 aromatic rings. The fraction of sp³-hybridized carbons (Fsp3) is 0.385. The van der Waals surface area contributed by atoms with Gasteiger partial charge in [0, 0.05) is 11.3 Å². The molecule has 0 radical (unpaired) electrons. The van der Waals surface area contributed by atoms with Crippen LogP contribution in [-0.2, 0) is 14.6 Å². The van der Waals surface area contributed by atoms with Gasteiger partial charge < -0.3 is 4.90 Å². The van der Waals surface area contributed by atoms with Crippen LogP contribution in [0.25, 0.3) is 0 Å². The number of hydrogen-bond acceptors (Lipinski definition) is 4. The second-order valence-corrected chi connectivity index (χ2v) is 8.82. The highest BCUT2D eigenvalue weighted by Crippen LogP contribution is 2.41. The lowest BCUT2D eigenvalue weighted by Crippen LogP contribution is -2.38. The maximum absolute atomic E-state index is 14.1. The lowest BCUT2D eigenvalue weighted by atomic mass is 10.2. The molecule has 1 aromatic carbocycles. The number of nitrogens with zero attached hydrogens (tertiary/aromatic N) is 2. The van der Waals surface area contributed by atoms with Crippen LogP contribution in [-0.4, -0.2) is 48.2 Å². The number of thioether (sulfide) groups is 1. The predicted octanol–water partition coefficient (Wildman–Crippen LogP) is 1.81.